The lowest BCUT2D eigenvalue weighted by molar-refractivity contribution is -0.135. The first kappa shape index (κ1) is 28.9. The van der Waals surface area contributed by atoms with Crippen LogP contribution in [0, 0.1) is 18.6 Å². The second kappa shape index (κ2) is 13.3. The number of carbonyl (C=O) groups excluding carboxylic acids is 2. The molecule has 0 aliphatic carbocycles. The molecule has 0 aliphatic rings. The summed E-state index contributed by atoms with van der Waals surface area (Å²) in [5.41, 5.74) is 2.12. The number of aryl methyl sites for hydroxylation is 1. The Hall–Kier alpha value is -5.10. The quantitative estimate of drug-likeness (QED) is 0.160. The Kier molecular flexibility index (Phi) is 9.38. The van der Waals surface area contributed by atoms with Gasteiger partial charge in [-0.05, 0) is 67.9 Å². The molecule has 12 heteroatoms. The van der Waals surface area contributed by atoms with Crippen molar-refractivity contribution < 1.29 is 33.0 Å². The Labute approximate surface area is 233 Å². The second-order valence-electron chi connectivity index (χ2n) is 9.04. The van der Waals surface area contributed by atoms with Crippen LogP contribution < -0.4 is 20.7 Å². The molecule has 2 amide bonds. The van der Waals surface area contributed by atoms with Crippen LogP contribution in [0.5, 0.6) is 11.5 Å². The number of carbonyl (C=O) groups is 3. The van der Waals surface area contributed by atoms with E-state index in [2.05, 4.69) is 25.9 Å². The first-order valence-electron chi connectivity index (χ1n) is 12.6. The van der Waals surface area contributed by atoms with Crippen molar-refractivity contribution in [3.63, 3.8) is 0 Å². The highest BCUT2D eigenvalue weighted by Crippen LogP contribution is 2.29. The van der Waals surface area contributed by atoms with Crippen LogP contribution in [0.1, 0.15) is 32.7 Å². The van der Waals surface area contributed by atoms with Gasteiger partial charge >= 0.3 is 5.97 Å². The van der Waals surface area contributed by atoms with Gasteiger partial charge in [0.2, 0.25) is 0 Å². The average molecular weight is 564 g/mol. The molecule has 0 unspecified atom stereocenters. The van der Waals surface area contributed by atoms with E-state index in [4.69, 9.17) is 9.84 Å². The van der Waals surface area contributed by atoms with E-state index < -0.39 is 23.5 Å². The molecule has 4 rings (SSSR count). The van der Waals surface area contributed by atoms with Gasteiger partial charge in [-0.3, -0.25) is 19.4 Å². The minimum atomic E-state index is -0.949. The number of aliphatic carboxylic acids is 1. The first-order valence-corrected chi connectivity index (χ1v) is 12.6. The molecular formula is C29H27F2N5O5. The standard InChI is InChI=1S/C29H27F2N5O5/c1-17-3-5-21(30)23(11-17)36-29(40)18-4-6-22(31)26(13-18)41-20-7-10-33-25(14-20)24-12-19(15-35-24)28(39)34-9-2-8-32-16-27(37)38/h3-7,10-15,32,35H,2,8-9,16H2,1H3,(H,34,39)(H,36,40)(H,37,38). The molecule has 0 atom stereocenters. The molecular weight excluding hydrogens is 536 g/mol. The predicted octanol–water partition coefficient (Wildman–Crippen LogP) is 4.50. The van der Waals surface area contributed by atoms with Gasteiger partial charge in [0.05, 0.1) is 29.2 Å². The number of carboxylic acids is 1. The number of amides is 2. The molecule has 212 valence electrons. The summed E-state index contributed by atoms with van der Waals surface area (Å²) in [4.78, 5) is 42.9. The topological polar surface area (TPSA) is 145 Å². The summed E-state index contributed by atoms with van der Waals surface area (Å²) >= 11 is 0. The highest BCUT2D eigenvalue weighted by Gasteiger charge is 2.15. The number of carboxylic acid groups (broad SMARTS) is 1. The van der Waals surface area contributed by atoms with Gasteiger partial charge in [-0.1, -0.05) is 6.07 Å². The maximum absolute atomic E-state index is 14.6. The smallest absolute Gasteiger partial charge is 0.317 e. The van der Waals surface area contributed by atoms with Crippen molar-refractivity contribution in [1.82, 2.24) is 20.6 Å². The molecule has 0 saturated heterocycles. The second-order valence-corrected chi connectivity index (χ2v) is 9.04. The summed E-state index contributed by atoms with van der Waals surface area (Å²) in [6, 6.07) is 12.5. The van der Waals surface area contributed by atoms with E-state index in [1.165, 1.54) is 48.8 Å². The molecule has 0 fully saturated rings. The van der Waals surface area contributed by atoms with E-state index in [1.807, 2.05) is 0 Å². The van der Waals surface area contributed by atoms with Crippen LogP contribution in [0.3, 0.4) is 0 Å². The number of nitrogens with one attached hydrogen (secondary N) is 4. The summed E-state index contributed by atoms with van der Waals surface area (Å²) in [6.07, 6.45) is 3.52. The Balaban J connectivity index is 1.40. The fourth-order valence-electron chi connectivity index (χ4n) is 3.79. The normalized spacial score (nSPS) is 10.7. The predicted molar refractivity (Wildman–Crippen MR) is 147 cm³/mol. The highest BCUT2D eigenvalue weighted by molar-refractivity contribution is 6.04. The lowest BCUT2D eigenvalue weighted by atomic mass is 10.1. The third-order valence-corrected chi connectivity index (χ3v) is 5.84. The van der Waals surface area contributed by atoms with Crippen molar-refractivity contribution in [2.45, 2.75) is 13.3 Å². The van der Waals surface area contributed by atoms with Gasteiger partial charge in [-0.2, -0.15) is 0 Å². The van der Waals surface area contributed by atoms with Crippen LogP contribution in [0.15, 0.2) is 67.0 Å². The maximum Gasteiger partial charge on any atom is 0.317 e. The van der Waals surface area contributed by atoms with Gasteiger partial charge in [-0.25, -0.2) is 8.78 Å². The van der Waals surface area contributed by atoms with Gasteiger partial charge in [-0.15, -0.1) is 0 Å². The average Bonchev–Trinajstić information content (AvgIpc) is 3.44. The van der Waals surface area contributed by atoms with Crippen LogP contribution in [0.2, 0.25) is 0 Å². The third kappa shape index (κ3) is 7.96. The Bertz CT molecular complexity index is 1570. The number of pyridine rings is 1. The summed E-state index contributed by atoms with van der Waals surface area (Å²) in [5.74, 6) is -3.20. The number of hydrogen-bond acceptors (Lipinski definition) is 6. The van der Waals surface area contributed by atoms with Crippen molar-refractivity contribution >= 4 is 23.5 Å². The first-order chi connectivity index (χ1) is 19.7. The van der Waals surface area contributed by atoms with E-state index in [-0.39, 0.29) is 35.2 Å². The summed E-state index contributed by atoms with van der Waals surface area (Å²) in [6.45, 7) is 2.42. The van der Waals surface area contributed by atoms with Crippen LogP contribution in [0.25, 0.3) is 11.4 Å². The number of benzene rings is 2. The zero-order chi connectivity index (χ0) is 29.4. The summed E-state index contributed by atoms with van der Waals surface area (Å²) in [7, 11) is 0. The number of aromatic nitrogens is 2. The van der Waals surface area contributed by atoms with E-state index in [1.54, 1.807) is 19.1 Å². The molecule has 2 aromatic carbocycles. The number of H-pyrrole nitrogens is 1. The van der Waals surface area contributed by atoms with Gasteiger partial charge in [0.15, 0.2) is 11.6 Å². The van der Waals surface area contributed by atoms with Crippen molar-refractivity contribution in [2.24, 2.45) is 0 Å². The number of halogens is 2. The number of ether oxygens (including phenoxy) is 1. The van der Waals surface area contributed by atoms with Crippen LogP contribution in [-0.4, -0.2) is 52.5 Å². The van der Waals surface area contributed by atoms with E-state index in [0.717, 1.165) is 11.6 Å². The highest BCUT2D eigenvalue weighted by atomic mass is 19.1. The Morgan fingerprint density at radius 3 is 2.56 bits per heavy atom. The van der Waals surface area contributed by atoms with E-state index in [0.29, 0.717) is 36.5 Å². The van der Waals surface area contributed by atoms with Crippen LogP contribution in [-0.2, 0) is 4.79 Å². The van der Waals surface area contributed by atoms with Gasteiger partial charge in [0, 0.05) is 30.6 Å². The zero-order valence-electron chi connectivity index (χ0n) is 22.0. The molecule has 2 aromatic heterocycles. The fraction of sp³-hybridized carbons (Fsp3) is 0.172. The minimum absolute atomic E-state index is 0.00677. The number of nitrogens with zero attached hydrogens (tertiary/aromatic N) is 1. The lowest BCUT2D eigenvalue weighted by Gasteiger charge is -2.11. The van der Waals surface area contributed by atoms with Crippen LogP contribution in [0.4, 0.5) is 14.5 Å². The molecule has 0 bridgehead atoms. The van der Waals surface area contributed by atoms with Gasteiger partial charge in [0.25, 0.3) is 11.8 Å². The largest absolute Gasteiger partial charge is 0.480 e. The number of anilines is 1. The molecule has 0 saturated carbocycles. The Morgan fingerprint density at radius 1 is 0.951 bits per heavy atom. The molecule has 0 aliphatic heterocycles. The SMILES string of the molecule is Cc1ccc(F)c(NC(=O)c2ccc(F)c(Oc3ccnc(-c4cc(C(=O)NCCCNCC(=O)O)c[nH]4)c3)c2)c1. The van der Waals surface area contributed by atoms with E-state index in [9.17, 15) is 23.2 Å². The molecule has 0 spiro atoms. The fourth-order valence-corrected chi connectivity index (χ4v) is 3.79. The molecule has 41 heavy (non-hydrogen) atoms. The molecule has 10 nitrogen and oxygen atoms in total. The third-order valence-electron chi connectivity index (χ3n) is 5.84. The van der Waals surface area contributed by atoms with Crippen LogP contribution >= 0.6 is 0 Å². The number of rotatable bonds is 12. The number of hydrogen-bond donors (Lipinski definition) is 5. The van der Waals surface area contributed by atoms with Crippen molar-refractivity contribution in [2.75, 3.05) is 25.0 Å². The minimum Gasteiger partial charge on any atom is -0.480 e. The molecule has 2 heterocycles. The zero-order valence-corrected chi connectivity index (χ0v) is 22.0. The molecule has 0 radical (unpaired) electrons. The molecule has 5 N–H and O–H groups in total. The monoisotopic (exact) mass is 563 g/mol. The van der Waals surface area contributed by atoms with Crippen molar-refractivity contribution in [1.29, 1.82) is 0 Å². The van der Waals surface area contributed by atoms with E-state index >= 15 is 0 Å². The number of aromatic amines is 1. The lowest BCUT2D eigenvalue weighted by Crippen LogP contribution is -2.29. The molecule has 4 aromatic rings. The summed E-state index contributed by atoms with van der Waals surface area (Å²) < 4.78 is 34.3. The summed E-state index contributed by atoms with van der Waals surface area (Å²) in [5, 5.41) is 16.6. The van der Waals surface area contributed by atoms with Crippen molar-refractivity contribution in [3.05, 3.63) is 95.3 Å². The Morgan fingerprint density at radius 2 is 1.76 bits per heavy atom. The van der Waals surface area contributed by atoms with Gasteiger partial charge < -0.3 is 30.8 Å². The van der Waals surface area contributed by atoms with Crippen molar-refractivity contribution in [3.8, 4) is 22.9 Å². The maximum atomic E-state index is 14.6. The van der Waals surface area contributed by atoms with Gasteiger partial charge in [0.1, 0.15) is 11.6 Å².